The van der Waals surface area contributed by atoms with Crippen molar-refractivity contribution in [2.75, 3.05) is 12.4 Å². The zero-order valence-corrected chi connectivity index (χ0v) is 18.1. The average Bonchev–Trinajstić information content (AvgIpc) is 3.41. The van der Waals surface area contributed by atoms with E-state index in [-0.39, 0.29) is 11.3 Å². The molecule has 0 radical (unpaired) electrons. The molecule has 0 saturated heterocycles. The van der Waals surface area contributed by atoms with Crippen LogP contribution in [0.1, 0.15) is 39.4 Å². The van der Waals surface area contributed by atoms with Crippen LogP contribution >= 0.6 is 11.3 Å². The first-order valence-electron chi connectivity index (χ1n) is 10.0. The van der Waals surface area contributed by atoms with Gasteiger partial charge in [-0.15, -0.1) is 11.3 Å². The molecule has 0 atom stereocenters. The fraction of sp³-hybridized carbons (Fsp3) is 0.208. The highest BCUT2D eigenvalue weighted by atomic mass is 32.1. The molecule has 0 saturated carbocycles. The van der Waals surface area contributed by atoms with E-state index in [1.165, 1.54) is 36.7 Å². The fourth-order valence-electron chi connectivity index (χ4n) is 3.66. The third kappa shape index (κ3) is 4.34. The van der Waals surface area contributed by atoms with Crippen molar-refractivity contribution in [1.82, 2.24) is 0 Å². The maximum absolute atomic E-state index is 13.5. The zero-order valence-electron chi connectivity index (χ0n) is 17.2. The van der Waals surface area contributed by atoms with Crippen LogP contribution in [0.5, 0.6) is 0 Å². The molecule has 2 aromatic heterocycles. The lowest BCUT2D eigenvalue weighted by molar-refractivity contribution is -0.112. The van der Waals surface area contributed by atoms with Gasteiger partial charge in [0.05, 0.1) is 12.7 Å². The molecule has 1 amide bonds. The number of carbonyl (C=O) groups is 2. The van der Waals surface area contributed by atoms with Crippen molar-refractivity contribution in [2.45, 2.75) is 25.7 Å². The predicted molar refractivity (Wildman–Crippen MR) is 119 cm³/mol. The Kier molecular flexibility index (Phi) is 6.19. The molecule has 0 fully saturated rings. The molecule has 0 bridgehead atoms. The van der Waals surface area contributed by atoms with Gasteiger partial charge in [-0.25, -0.2) is 9.18 Å². The van der Waals surface area contributed by atoms with Crippen LogP contribution in [0.2, 0.25) is 0 Å². The van der Waals surface area contributed by atoms with Gasteiger partial charge in [0.2, 0.25) is 0 Å². The van der Waals surface area contributed by atoms with E-state index in [2.05, 4.69) is 5.32 Å². The standard InChI is InChI=1S/C24H19FN2O4S/c1-30-24(29)21-18-7-2-3-8-20(18)32-23(21)27-22(28)15(13-26)12-17-9-10-19(31-17)14-5-4-6-16(25)11-14/h4-6,9-12H,2-3,7-8H2,1H3,(H,27,28)/b15-12+. The summed E-state index contributed by atoms with van der Waals surface area (Å²) in [4.78, 5) is 26.2. The Labute approximate surface area is 187 Å². The number of benzene rings is 1. The fourth-order valence-corrected chi connectivity index (χ4v) is 4.93. The lowest BCUT2D eigenvalue weighted by atomic mass is 9.95. The normalized spacial score (nSPS) is 13.2. The van der Waals surface area contributed by atoms with Gasteiger partial charge >= 0.3 is 5.97 Å². The SMILES string of the molecule is COC(=O)c1c(NC(=O)/C(C#N)=C/c2ccc(-c3cccc(F)c3)o2)sc2c1CCCC2. The number of methoxy groups -OCH3 is 1. The van der Waals surface area contributed by atoms with E-state index in [0.29, 0.717) is 21.9 Å². The summed E-state index contributed by atoms with van der Waals surface area (Å²) >= 11 is 1.34. The third-order valence-electron chi connectivity index (χ3n) is 5.18. The molecule has 1 N–H and O–H groups in total. The lowest BCUT2D eigenvalue weighted by Gasteiger charge is -2.11. The Bertz CT molecular complexity index is 1270. The Morgan fingerprint density at radius 2 is 2.06 bits per heavy atom. The summed E-state index contributed by atoms with van der Waals surface area (Å²) < 4.78 is 24.0. The summed E-state index contributed by atoms with van der Waals surface area (Å²) in [7, 11) is 1.30. The smallest absolute Gasteiger partial charge is 0.341 e. The minimum atomic E-state index is -0.653. The number of rotatable bonds is 5. The Hall–Kier alpha value is -3.70. The van der Waals surface area contributed by atoms with Crippen LogP contribution < -0.4 is 5.32 Å². The number of aryl methyl sites for hydroxylation is 1. The van der Waals surface area contributed by atoms with E-state index in [4.69, 9.17) is 9.15 Å². The molecule has 8 heteroatoms. The largest absolute Gasteiger partial charge is 0.465 e. The maximum Gasteiger partial charge on any atom is 0.341 e. The number of carbonyl (C=O) groups excluding carboxylic acids is 2. The summed E-state index contributed by atoms with van der Waals surface area (Å²) in [5.41, 5.74) is 1.63. The van der Waals surface area contributed by atoms with Crippen molar-refractivity contribution in [3.05, 3.63) is 69.6 Å². The number of furan rings is 1. The van der Waals surface area contributed by atoms with Crippen LogP contribution in [0.15, 0.2) is 46.4 Å². The maximum atomic E-state index is 13.5. The molecule has 0 unspecified atom stereocenters. The first-order valence-corrected chi connectivity index (χ1v) is 10.8. The van der Waals surface area contributed by atoms with E-state index in [1.807, 2.05) is 6.07 Å². The van der Waals surface area contributed by atoms with Gasteiger partial charge in [0.1, 0.15) is 34.0 Å². The van der Waals surface area contributed by atoms with Crippen LogP contribution in [0.4, 0.5) is 9.39 Å². The molecule has 6 nitrogen and oxygen atoms in total. The van der Waals surface area contributed by atoms with E-state index >= 15 is 0 Å². The lowest BCUT2D eigenvalue weighted by Crippen LogP contribution is -2.16. The molecule has 2 heterocycles. The summed E-state index contributed by atoms with van der Waals surface area (Å²) in [5.74, 6) is -0.872. The minimum absolute atomic E-state index is 0.188. The van der Waals surface area contributed by atoms with Gasteiger partial charge in [-0.2, -0.15) is 5.26 Å². The number of nitrogens with one attached hydrogen (secondary N) is 1. The Balaban J connectivity index is 1.59. The number of fused-ring (bicyclic) bond motifs is 1. The summed E-state index contributed by atoms with van der Waals surface area (Å²) in [5, 5.41) is 12.6. The van der Waals surface area contributed by atoms with Gasteiger partial charge in [-0.1, -0.05) is 12.1 Å². The quantitative estimate of drug-likeness (QED) is 0.321. The number of halogens is 1. The van der Waals surface area contributed by atoms with Crippen molar-refractivity contribution in [3.8, 4) is 17.4 Å². The summed E-state index contributed by atoms with van der Waals surface area (Å²) in [6, 6.07) is 11.0. The summed E-state index contributed by atoms with van der Waals surface area (Å²) in [6.45, 7) is 0. The molecular weight excluding hydrogens is 431 g/mol. The van der Waals surface area contributed by atoms with Crippen LogP contribution in [0, 0.1) is 17.1 Å². The third-order valence-corrected chi connectivity index (χ3v) is 6.38. The van der Waals surface area contributed by atoms with E-state index in [1.54, 1.807) is 24.3 Å². The number of hydrogen-bond donors (Lipinski definition) is 1. The number of nitrogens with zero attached hydrogens (tertiary/aromatic N) is 1. The first-order chi connectivity index (χ1) is 15.5. The molecule has 3 aromatic rings. The number of esters is 1. The second-order valence-corrected chi connectivity index (χ2v) is 8.35. The highest BCUT2D eigenvalue weighted by Crippen LogP contribution is 2.38. The van der Waals surface area contributed by atoms with E-state index < -0.39 is 17.7 Å². The predicted octanol–water partition coefficient (Wildman–Crippen LogP) is 5.36. The van der Waals surface area contributed by atoms with Gasteiger partial charge in [0.25, 0.3) is 5.91 Å². The number of nitriles is 1. The van der Waals surface area contributed by atoms with E-state index in [9.17, 15) is 19.2 Å². The van der Waals surface area contributed by atoms with Gasteiger partial charge in [0, 0.05) is 16.5 Å². The van der Waals surface area contributed by atoms with Crippen LogP contribution in [-0.2, 0) is 22.4 Å². The van der Waals surface area contributed by atoms with Crippen molar-refractivity contribution in [1.29, 1.82) is 5.26 Å². The van der Waals surface area contributed by atoms with Crippen molar-refractivity contribution in [3.63, 3.8) is 0 Å². The highest BCUT2D eigenvalue weighted by molar-refractivity contribution is 7.17. The van der Waals surface area contributed by atoms with Gasteiger partial charge in [0.15, 0.2) is 0 Å². The van der Waals surface area contributed by atoms with Gasteiger partial charge < -0.3 is 14.5 Å². The number of amides is 1. The summed E-state index contributed by atoms with van der Waals surface area (Å²) in [6.07, 6.45) is 4.90. The molecule has 32 heavy (non-hydrogen) atoms. The number of hydrogen-bond acceptors (Lipinski definition) is 6. The molecule has 0 aliphatic heterocycles. The van der Waals surface area contributed by atoms with Gasteiger partial charge in [-0.3, -0.25) is 4.79 Å². The Morgan fingerprint density at radius 1 is 1.25 bits per heavy atom. The molecule has 162 valence electrons. The Morgan fingerprint density at radius 3 is 2.81 bits per heavy atom. The number of thiophene rings is 1. The van der Waals surface area contributed by atoms with Crippen LogP contribution in [-0.4, -0.2) is 19.0 Å². The number of ether oxygens (including phenoxy) is 1. The van der Waals surface area contributed by atoms with Crippen molar-refractivity contribution >= 4 is 34.3 Å². The second-order valence-electron chi connectivity index (χ2n) is 7.24. The van der Waals surface area contributed by atoms with Crippen LogP contribution in [0.25, 0.3) is 17.4 Å². The minimum Gasteiger partial charge on any atom is -0.465 e. The molecule has 1 aliphatic rings. The number of anilines is 1. The highest BCUT2D eigenvalue weighted by Gasteiger charge is 2.27. The van der Waals surface area contributed by atoms with Gasteiger partial charge in [-0.05, 0) is 55.5 Å². The molecule has 0 spiro atoms. The monoisotopic (exact) mass is 450 g/mol. The van der Waals surface area contributed by atoms with Crippen LogP contribution in [0.3, 0.4) is 0 Å². The molecular formula is C24H19FN2O4S. The van der Waals surface area contributed by atoms with E-state index in [0.717, 1.165) is 36.1 Å². The van der Waals surface area contributed by atoms with Crippen molar-refractivity contribution < 1.29 is 23.1 Å². The first kappa shape index (κ1) is 21.5. The zero-order chi connectivity index (χ0) is 22.7. The molecule has 1 aromatic carbocycles. The topological polar surface area (TPSA) is 92.3 Å². The van der Waals surface area contributed by atoms with Crippen molar-refractivity contribution in [2.24, 2.45) is 0 Å². The molecule has 4 rings (SSSR count). The average molecular weight is 450 g/mol. The molecule has 1 aliphatic carbocycles. The second kappa shape index (κ2) is 9.20.